The van der Waals surface area contributed by atoms with E-state index in [2.05, 4.69) is 40.6 Å². The summed E-state index contributed by atoms with van der Waals surface area (Å²) in [6.07, 6.45) is 1.79. The zero-order valence-corrected chi connectivity index (χ0v) is 14.1. The quantitative estimate of drug-likeness (QED) is 0.562. The maximum atomic E-state index is 5.44. The summed E-state index contributed by atoms with van der Waals surface area (Å²) in [5.74, 6) is 1.36. The average Bonchev–Trinajstić information content (AvgIpc) is 2.67. The Morgan fingerprint density at radius 1 is 0.760 bits per heavy atom. The Morgan fingerprint density at radius 2 is 1.48 bits per heavy atom. The van der Waals surface area contributed by atoms with Gasteiger partial charge in [0.15, 0.2) is 11.5 Å². The third kappa shape index (κ3) is 2.72. The normalized spacial score (nSPS) is 10.8. The molecule has 0 amide bonds. The number of benzene rings is 3. The van der Waals surface area contributed by atoms with Crippen molar-refractivity contribution in [1.82, 2.24) is 4.98 Å². The zero-order valence-electron chi connectivity index (χ0n) is 14.1. The van der Waals surface area contributed by atoms with Crippen LogP contribution in [0.25, 0.3) is 21.7 Å². The van der Waals surface area contributed by atoms with Crippen LogP contribution in [0.1, 0.15) is 0 Å². The molecule has 0 unspecified atom stereocenters. The van der Waals surface area contributed by atoms with Gasteiger partial charge in [-0.25, -0.2) is 0 Å². The average molecular weight is 330 g/mol. The van der Waals surface area contributed by atoms with E-state index in [0.717, 1.165) is 22.3 Å². The van der Waals surface area contributed by atoms with Crippen LogP contribution in [0.5, 0.6) is 11.5 Å². The van der Waals surface area contributed by atoms with Crippen molar-refractivity contribution in [2.45, 2.75) is 0 Å². The lowest BCUT2D eigenvalue weighted by atomic mass is 10.1. The molecule has 1 heterocycles. The van der Waals surface area contributed by atoms with Crippen LogP contribution in [0.4, 0.5) is 11.4 Å². The third-order valence-electron chi connectivity index (χ3n) is 4.31. The van der Waals surface area contributed by atoms with E-state index >= 15 is 0 Å². The predicted octanol–water partition coefficient (Wildman–Crippen LogP) is 5.15. The van der Waals surface area contributed by atoms with Crippen LogP contribution < -0.4 is 14.8 Å². The number of hydrogen-bond acceptors (Lipinski definition) is 4. The van der Waals surface area contributed by atoms with Gasteiger partial charge in [-0.15, -0.1) is 0 Å². The number of ether oxygens (including phenoxy) is 2. The number of rotatable bonds is 4. The van der Waals surface area contributed by atoms with E-state index in [-0.39, 0.29) is 0 Å². The first-order valence-corrected chi connectivity index (χ1v) is 8.05. The maximum Gasteiger partial charge on any atom is 0.162 e. The molecule has 4 nitrogen and oxygen atoms in total. The van der Waals surface area contributed by atoms with Gasteiger partial charge in [0, 0.05) is 34.4 Å². The van der Waals surface area contributed by atoms with E-state index in [1.54, 1.807) is 20.4 Å². The van der Waals surface area contributed by atoms with Crippen molar-refractivity contribution in [3.8, 4) is 11.5 Å². The molecule has 4 rings (SSSR count). The number of hydrogen-bond donors (Lipinski definition) is 1. The van der Waals surface area contributed by atoms with E-state index < -0.39 is 0 Å². The summed E-state index contributed by atoms with van der Waals surface area (Å²) < 4.78 is 10.8. The van der Waals surface area contributed by atoms with Crippen LogP contribution in [0, 0.1) is 0 Å². The van der Waals surface area contributed by atoms with Gasteiger partial charge < -0.3 is 14.8 Å². The molecule has 25 heavy (non-hydrogen) atoms. The smallest absolute Gasteiger partial charge is 0.162 e. The molecule has 0 aliphatic rings. The monoisotopic (exact) mass is 330 g/mol. The first-order chi connectivity index (χ1) is 12.3. The Bertz CT molecular complexity index is 1050. The minimum Gasteiger partial charge on any atom is -0.493 e. The molecular formula is C21H18N2O2. The largest absolute Gasteiger partial charge is 0.493 e. The molecule has 3 aromatic carbocycles. The highest BCUT2D eigenvalue weighted by Crippen LogP contribution is 2.36. The summed E-state index contributed by atoms with van der Waals surface area (Å²) in [7, 11) is 3.26. The Balaban J connectivity index is 1.86. The first kappa shape index (κ1) is 15.3. The molecule has 0 radical (unpaired) electrons. The van der Waals surface area contributed by atoms with Gasteiger partial charge in [0.25, 0.3) is 0 Å². The fourth-order valence-corrected chi connectivity index (χ4v) is 3.06. The zero-order chi connectivity index (χ0) is 17.2. The van der Waals surface area contributed by atoms with Crippen LogP contribution >= 0.6 is 0 Å². The molecule has 1 N–H and O–H groups in total. The second-order valence-electron chi connectivity index (χ2n) is 5.73. The molecular weight excluding hydrogens is 312 g/mol. The number of anilines is 2. The SMILES string of the molecule is COc1cc2nccc(Nc3cccc4ccccc34)c2cc1OC. The highest BCUT2D eigenvalue weighted by molar-refractivity contribution is 6.00. The van der Waals surface area contributed by atoms with Crippen molar-refractivity contribution in [1.29, 1.82) is 0 Å². The lowest BCUT2D eigenvalue weighted by molar-refractivity contribution is 0.356. The van der Waals surface area contributed by atoms with Crippen molar-refractivity contribution in [3.63, 3.8) is 0 Å². The summed E-state index contributed by atoms with van der Waals surface area (Å²) in [4.78, 5) is 4.45. The Morgan fingerprint density at radius 3 is 2.32 bits per heavy atom. The van der Waals surface area contributed by atoms with Gasteiger partial charge in [-0.1, -0.05) is 36.4 Å². The van der Waals surface area contributed by atoms with Gasteiger partial charge in [-0.3, -0.25) is 4.98 Å². The van der Waals surface area contributed by atoms with Crippen LogP contribution in [-0.4, -0.2) is 19.2 Å². The predicted molar refractivity (Wildman–Crippen MR) is 102 cm³/mol. The van der Waals surface area contributed by atoms with E-state index in [1.807, 2.05) is 30.3 Å². The highest BCUT2D eigenvalue weighted by atomic mass is 16.5. The van der Waals surface area contributed by atoms with Crippen molar-refractivity contribution in [3.05, 3.63) is 66.9 Å². The number of methoxy groups -OCH3 is 2. The maximum absolute atomic E-state index is 5.44. The molecule has 124 valence electrons. The standard InChI is InChI=1S/C21H18N2O2/c1-24-20-12-16-18(10-11-22-19(16)13-21(20)25-2)23-17-9-5-7-14-6-3-4-8-15(14)17/h3-13H,1-2H3,(H,22,23). The fourth-order valence-electron chi connectivity index (χ4n) is 3.06. The molecule has 0 saturated carbocycles. The number of pyridine rings is 1. The van der Waals surface area contributed by atoms with E-state index in [1.165, 1.54) is 10.8 Å². The van der Waals surface area contributed by atoms with Gasteiger partial charge in [0.05, 0.1) is 19.7 Å². The molecule has 0 spiro atoms. The minimum atomic E-state index is 0.671. The number of nitrogens with one attached hydrogen (secondary N) is 1. The van der Waals surface area contributed by atoms with Crippen molar-refractivity contribution >= 4 is 33.1 Å². The summed E-state index contributed by atoms with van der Waals surface area (Å²) in [5.41, 5.74) is 2.88. The summed E-state index contributed by atoms with van der Waals surface area (Å²) in [5, 5.41) is 6.90. The van der Waals surface area contributed by atoms with E-state index in [9.17, 15) is 0 Å². The van der Waals surface area contributed by atoms with Crippen molar-refractivity contribution in [2.75, 3.05) is 19.5 Å². The number of aromatic nitrogens is 1. The van der Waals surface area contributed by atoms with Crippen molar-refractivity contribution < 1.29 is 9.47 Å². The number of nitrogens with zero attached hydrogens (tertiary/aromatic N) is 1. The van der Waals surface area contributed by atoms with Crippen LogP contribution in [0.3, 0.4) is 0 Å². The van der Waals surface area contributed by atoms with Crippen LogP contribution in [-0.2, 0) is 0 Å². The second kappa shape index (κ2) is 6.32. The van der Waals surface area contributed by atoms with Gasteiger partial charge in [-0.2, -0.15) is 0 Å². The van der Waals surface area contributed by atoms with Gasteiger partial charge in [-0.05, 0) is 23.6 Å². The topological polar surface area (TPSA) is 43.4 Å². The third-order valence-corrected chi connectivity index (χ3v) is 4.31. The lowest BCUT2D eigenvalue weighted by Gasteiger charge is -2.14. The fraction of sp³-hybridized carbons (Fsp3) is 0.0952. The highest BCUT2D eigenvalue weighted by Gasteiger charge is 2.10. The first-order valence-electron chi connectivity index (χ1n) is 8.05. The lowest BCUT2D eigenvalue weighted by Crippen LogP contribution is -1.96. The van der Waals surface area contributed by atoms with Gasteiger partial charge in [0.2, 0.25) is 0 Å². The Labute approximate surface area is 146 Å². The summed E-state index contributed by atoms with van der Waals surface area (Å²) in [6, 6.07) is 20.4. The van der Waals surface area contributed by atoms with Crippen molar-refractivity contribution in [2.24, 2.45) is 0 Å². The number of fused-ring (bicyclic) bond motifs is 2. The van der Waals surface area contributed by atoms with Crippen LogP contribution in [0.15, 0.2) is 66.9 Å². The summed E-state index contributed by atoms with van der Waals surface area (Å²) >= 11 is 0. The van der Waals surface area contributed by atoms with E-state index in [4.69, 9.17) is 9.47 Å². The Hall–Kier alpha value is -3.27. The molecule has 0 aliphatic carbocycles. The van der Waals surface area contributed by atoms with E-state index in [0.29, 0.717) is 11.5 Å². The molecule has 0 fully saturated rings. The molecule has 4 aromatic rings. The minimum absolute atomic E-state index is 0.671. The molecule has 0 saturated heterocycles. The molecule has 0 atom stereocenters. The molecule has 0 aliphatic heterocycles. The molecule has 0 bridgehead atoms. The van der Waals surface area contributed by atoms with Gasteiger partial charge in [0.1, 0.15) is 0 Å². The summed E-state index contributed by atoms with van der Waals surface area (Å²) in [6.45, 7) is 0. The Kier molecular flexibility index (Phi) is 3.86. The second-order valence-corrected chi connectivity index (χ2v) is 5.73. The van der Waals surface area contributed by atoms with Gasteiger partial charge >= 0.3 is 0 Å². The molecule has 4 heteroatoms. The molecule has 1 aromatic heterocycles. The van der Waals surface area contributed by atoms with Crippen LogP contribution in [0.2, 0.25) is 0 Å².